The van der Waals surface area contributed by atoms with E-state index in [1.807, 2.05) is 6.07 Å². The molecule has 22 heavy (non-hydrogen) atoms. The Morgan fingerprint density at radius 3 is 1.82 bits per heavy atom. The van der Waals surface area contributed by atoms with Crippen LogP contribution in [-0.4, -0.2) is 27.2 Å². The Hall–Kier alpha value is -2.34. The number of non-ortho nitro benzene ring substituents is 1. The fourth-order valence-corrected chi connectivity index (χ4v) is 1.49. The van der Waals surface area contributed by atoms with E-state index in [-0.39, 0.29) is 11.5 Å². The van der Waals surface area contributed by atoms with E-state index in [0.29, 0.717) is 11.1 Å². The molecule has 116 valence electrons. The Kier molecular flexibility index (Phi) is 6.12. The van der Waals surface area contributed by atoms with Crippen LogP contribution in [-0.2, 0) is 4.57 Å². The van der Waals surface area contributed by atoms with Crippen molar-refractivity contribution in [3.8, 4) is 0 Å². The summed E-state index contributed by atoms with van der Waals surface area (Å²) < 4.78 is 9.33. The molecule has 0 bridgehead atoms. The number of hydrogen-bond donors (Lipinski definition) is 2. The molecule has 2 aromatic rings. The first kappa shape index (κ1) is 17.7. The molecular formula is C14H14NO6P. The molecule has 0 heterocycles. The summed E-state index contributed by atoms with van der Waals surface area (Å²) >= 11 is 0. The number of rotatable bonds is 3. The van der Waals surface area contributed by atoms with E-state index in [2.05, 4.69) is 0 Å². The second kappa shape index (κ2) is 7.61. The van der Waals surface area contributed by atoms with Gasteiger partial charge in [0.05, 0.1) is 4.92 Å². The molecule has 0 aliphatic heterocycles. The zero-order chi connectivity index (χ0) is 16.8. The van der Waals surface area contributed by atoms with Crippen molar-refractivity contribution in [2.45, 2.75) is 0 Å². The summed E-state index contributed by atoms with van der Waals surface area (Å²) in [7, 11) is -3.64. The number of carbonyl (C=O) groups is 1. The molecule has 2 N–H and O–H groups in total. The fraction of sp³-hybridized carbons (Fsp3) is 0.0714. The lowest BCUT2D eigenvalue weighted by Crippen LogP contribution is -2.00. The molecule has 2 aromatic carbocycles. The summed E-state index contributed by atoms with van der Waals surface area (Å²) in [6, 6.07) is 14.4. The van der Waals surface area contributed by atoms with Crippen molar-refractivity contribution < 1.29 is 24.1 Å². The summed E-state index contributed by atoms with van der Waals surface area (Å²) in [5, 5.41) is 10.5. The van der Waals surface area contributed by atoms with Gasteiger partial charge in [0.25, 0.3) is 5.69 Å². The van der Waals surface area contributed by atoms with Crippen molar-refractivity contribution >= 4 is 19.1 Å². The summed E-state index contributed by atoms with van der Waals surface area (Å²) in [5.74, 6) is -0.138. The van der Waals surface area contributed by atoms with Crippen LogP contribution in [0.25, 0.3) is 0 Å². The maximum atomic E-state index is 12.0. The largest absolute Gasteiger partial charge is 0.325 e. The highest BCUT2D eigenvalue weighted by atomic mass is 31.2. The molecule has 0 amide bonds. The Bertz CT molecular complexity index is 685. The third-order valence-corrected chi connectivity index (χ3v) is 2.38. The summed E-state index contributed by atoms with van der Waals surface area (Å²) in [5.41, 5.74) is 0.998. The second-order valence-electron chi connectivity index (χ2n) is 4.33. The molecule has 0 saturated carbocycles. The average Bonchev–Trinajstić information content (AvgIpc) is 2.46. The van der Waals surface area contributed by atoms with Crippen LogP contribution in [0.1, 0.15) is 15.9 Å². The zero-order valence-electron chi connectivity index (χ0n) is 11.6. The average molecular weight is 323 g/mol. The minimum absolute atomic E-state index is 0.0189. The molecule has 0 fully saturated rings. The second-order valence-corrected chi connectivity index (χ2v) is 6.01. The van der Waals surface area contributed by atoms with E-state index in [9.17, 15) is 19.5 Å². The first-order valence-electron chi connectivity index (χ1n) is 6.05. The van der Waals surface area contributed by atoms with Gasteiger partial charge >= 0.3 is 7.60 Å². The third-order valence-electron chi connectivity index (χ3n) is 2.38. The van der Waals surface area contributed by atoms with Gasteiger partial charge in [-0.15, -0.1) is 0 Å². The lowest BCUT2D eigenvalue weighted by Gasteiger charge is -2.00. The van der Waals surface area contributed by atoms with E-state index < -0.39 is 12.5 Å². The van der Waals surface area contributed by atoms with Crippen molar-refractivity contribution in [3.63, 3.8) is 0 Å². The van der Waals surface area contributed by atoms with Gasteiger partial charge in [0.2, 0.25) is 0 Å². The van der Waals surface area contributed by atoms with E-state index in [1.165, 1.54) is 24.3 Å². The maximum absolute atomic E-state index is 12.0. The van der Waals surface area contributed by atoms with Crippen LogP contribution >= 0.6 is 7.60 Å². The van der Waals surface area contributed by atoms with Crippen LogP contribution in [0.5, 0.6) is 0 Å². The van der Waals surface area contributed by atoms with E-state index >= 15 is 0 Å². The summed E-state index contributed by atoms with van der Waals surface area (Å²) in [6.45, 7) is 0.854. The molecule has 7 nitrogen and oxygen atoms in total. The van der Waals surface area contributed by atoms with Gasteiger partial charge in [0, 0.05) is 29.9 Å². The molecule has 0 atom stereocenters. The molecule has 0 radical (unpaired) electrons. The van der Waals surface area contributed by atoms with Crippen LogP contribution < -0.4 is 0 Å². The normalized spacial score (nSPS) is 10.3. The molecule has 0 aliphatic carbocycles. The van der Waals surface area contributed by atoms with Gasteiger partial charge < -0.3 is 9.79 Å². The number of nitrogens with zero attached hydrogens (tertiary/aromatic N) is 1. The van der Waals surface area contributed by atoms with Crippen molar-refractivity contribution in [2.24, 2.45) is 0 Å². The van der Waals surface area contributed by atoms with Crippen molar-refractivity contribution in [2.75, 3.05) is 6.66 Å². The zero-order valence-corrected chi connectivity index (χ0v) is 12.5. The highest BCUT2D eigenvalue weighted by molar-refractivity contribution is 7.50. The van der Waals surface area contributed by atoms with Gasteiger partial charge in [-0.25, -0.2) is 0 Å². The predicted molar refractivity (Wildman–Crippen MR) is 80.9 cm³/mol. The lowest BCUT2D eigenvalue weighted by atomic mass is 10.0. The molecule has 2 rings (SSSR count). The summed E-state index contributed by atoms with van der Waals surface area (Å²) in [6.07, 6.45) is 0. The fourth-order valence-electron chi connectivity index (χ4n) is 1.49. The number of ketones is 1. The lowest BCUT2D eigenvalue weighted by molar-refractivity contribution is -0.384. The van der Waals surface area contributed by atoms with Gasteiger partial charge in [-0.3, -0.25) is 19.5 Å². The number of hydrogen-bond acceptors (Lipinski definition) is 4. The van der Waals surface area contributed by atoms with E-state index in [0.717, 1.165) is 6.66 Å². The van der Waals surface area contributed by atoms with Gasteiger partial charge in [0.1, 0.15) is 0 Å². The number of nitro groups is 1. The van der Waals surface area contributed by atoms with Crippen molar-refractivity contribution in [3.05, 3.63) is 75.8 Å². The van der Waals surface area contributed by atoms with Crippen LogP contribution in [0.4, 0.5) is 5.69 Å². The standard InChI is InChI=1S/C13H9NO3.CH5O3P/c15-13(10-4-2-1-3-5-10)11-6-8-12(9-7-11)14(16)17;1-5(2,3)4/h1-9H;1H3,(H2,2,3,4). The SMILES string of the molecule is CP(=O)(O)O.O=C(c1ccccc1)c1ccc([N+](=O)[O-])cc1. The maximum Gasteiger partial charge on any atom is 0.322 e. The topological polar surface area (TPSA) is 118 Å². The Morgan fingerprint density at radius 1 is 1.00 bits per heavy atom. The van der Waals surface area contributed by atoms with Gasteiger partial charge in [-0.2, -0.15) is 0 Å². The monoisotopic (exact) mass is 323 g/mol. The van der Waals surface area contributed by atoms with Crippen LogP contribution in [0.3, 0.4) is 0 Å². The minimum atomic E-state index is -3.64. The van der Waals surface area contributed by atoms with E-state index in [1.54, 1.807) is 24.3 Å². The molecule has 0 unspecified atom stereocenters. The third kappa shape index (κ3) is 6.41. The smallest absolute Gasteiger partial charge is 0.322 e. The first-order valence-corrected chi connectivity index (χ1v) is 8.11. The molecule has 8 heteroatoms. The van der Waals surface area contributed by atoms with Crippen LogP contribution in [0, 0.1) is 10.1 Å². The Labute approximate surface area is 126 Å². The van der Waals surface area contributed by atoms with Gasteiger partial charge in [-0.1, -0.05) is 30.3 Å². The van der Waals surface area contributed by atoms with Crippen molar-refractivity contribution in [1.82, 2.24) is 0 Å². The number of carbonyl (C=O) groups excluding carboxylic acids is 1. The quantitative estimate of drug-likeness (QED) is 0.388. The van der Waals surface area contributed by atoms with E-state index in [4.69, 9.17) is 9.79 Å². The molecule has 0 saturated heterocycles. The number of benzene rings is 2. The summed E-state index contributed by atoms with van der Waals surface area (Å²) in [4.78, 5) is 37.2. The first-order chi connectivity index (χ1) is 10.2. The molecule has 0 aliphatic rings. The Morgan fingerprint density at radius 2 is 1.41 bits per heavy atom. The predicted octanol–water partition coefficient (Wildman–Crippen LogP) is 2.62. The van der Waals surface area contributed by atoms with Gasteiger partial charge in [0.15, 0.2) is 5.78 Å². The van der Waals surface area contributed by atoms with Gasteiger partial charge in [-0.05, 0) is 12.1 Å². The number of nitro benzene ring substituents is 1. The highest BCUT2D eigenvalue weighted by Gasteiger charge is 2.10. The van der Waals surface area contributed by atoms with Crippen LogP contribution in [0.2, 0.25) is 0 Å². The van der Waals surface area contributed by atoms with Crippen molar-refractivity contribution in [1.29, 1.82) is 0 Å². The Balaban J connectivity index is 0.000000422. The van der Waals surface area contributed by atoms with Crippen LogP contribution in [0.15, 0.2) is 54.6 Å². The molecule has 0 spiro atoms. The molecular weight excluding hydrogens is 309 g/mol. The molecule has 0 aromatic heterocycles. The highest BCUT2D eigenvalue weighted by Crippen LogP contribution is 2.26. The minimum Gasteiger partial charge on any atom is -0.325 e.